The second-order valence-electron chi connectivity index (χ2n) is 4.88. The Balaban J connectivity index is 1.87. The zero-order valence-electron chi connectivity index (χ0n) is 11.4. The van der Waals surface area contributed by atoms with Crippen molar-refractivity contribution in [2.45, 2.75) is 13.0 Å². The zero-order chi connectivity index (χ0) is 14.5. The average Bonchev–Trinajstić information content (AvgIpc) is 2.42. The van der Waals surface area contributed by atoms with Gasteiger partial charge >= 0.3 is 0 Å². The summed E-state index contributed by atoms with van der Waals surface area (Å²) in [7, 11) is 0. The van der Waals surface area contributed by atoms with Crippen LogP contribution in [0.1, 0.15) is 17.3 Å². The van der Waals surface area contributed by atoms with Crippen molar-refractivity contribution >= 4 is 23.3 Å². The number of nitrogens with zero attached hydrogens (tertiary/aromatic N) is 2. The Kier molecular flexibility index (Phi) is 5.17. The molecule has 1 saturated heterocycles. The molecule has 1 amide bonds. The predicted octanol–water partition coefficient (Wildman–Crippen LogP) is 0.768. The summed E-state index contributed by atoms with van der Waals surface area (Å²) >= 11 is 5.86. The van der Waals surface area contributed by atoms with Crippen molar-refractivity contribution in [1.29, 1.82) is 0 Å². The van der Waals surface area contributed by atoms with E-state index in [0.717, 1.165) is 32.8 Å². The number of amides is 1. The van der Waals surface area contributed by atoms with Gasteiger partial charge in [0.25, 0.3) is 5.91 Å². The SMILES string of the molecule is CC(CN1CCOCC1)NC(=O)c1cnc(N)c(Cl)c1. The number of nitrogens with one attached hydrogen (secondary N) is 1. The standard InChI is InChI=1S/C13H19ClN4O2/c1-9(8-18-2-4-20-5-3-18)17-13(19)10-6-11(14)12(15)16-7-10/h6-7,9H,2-5,8H2,1H3,(H2,15,16)(H,17,19). The molecule has 1 fully saturated rings. The third-order valence-corrected chi connectivity index (χ3v) is 3.45. The minimum Gasteiger partial charge on any atom is -0.382 e. The van der Waals surface area contributed by atoms with E-state index in [2.05, 4.69) is 15.2 Å². The highest BCUT2D eigenvalue weighted by molar-refractivity contribution is 6.33. The fourth-order valence-electron chi connectivity index (χ4n) is 2.10. The van der Waals surface area contributed by atoms with E-state index in [0.29, 0.717) is 10.6 Å². The molecule has 2 rings (SSSR count). The lowest BCUT2D eigenvalue weighted by molar-refractivity contribution is 0.0342. The maximum Gasteiger partial charge on any atom is 0.253 e. The van der Waals surface area contributed by atoms with Crippen molar-refractivity contribution in [3.05, 3.63) is 22.8 Å². The summed E-state index contributed by atoms with van der Waals surface area (Å²) in [5, 5.41) is 3.22. The highest BCUT2D eigenvalue weighted by Gasteiger charge is 2.16. The van der Waals surface area contributed by atoms with Gasteiger partial charge in [-0.3, -0.25) is 9.69 Å². The van der Waals surface area contributed by atoms with Crippen LogP contribution in [0.2, 0.25) is 5.02 Å². The van der Waals surface area contributed by atoms with Gasteiger partial charge in [-0.15, -0.1) is 0 Å². The summed E-state index contributed by atoms with van der Waals surface area (Å²) in [6.45, 7) is 6.06. The molecule has 0 bridgehead atoms. The number of morpholine rings is 1. The van der Waals surface area contributed by atoms with Crippen LogP contribution in [0.15, 0.2) is 12.3 Å². The quantitative estimate of drug-likeness (QED) is 0.858. The van der Waals surface area contributed by atoms with Crippen LogP contribution in [0.5, 0.6) is 0 Å². The van der Waals surface area contributed by atoms with Crippen LogP contribution in [0.4, 0.5) is 5.82 Å². The molecule has 0 aliphatic carbocycles. The molecule has 1 unspecified atom stereocenters. The Morgan fingerprint density at radius 1 is 1.60 bits per heavy atom. The van der Waals surface area contributed by atoms with Gasteiger partial charge in [0.05, 0.1) is 23.8 Å². The number of anilines is 1. The first-order chi connectivity index (χ1) is 9.56. The lowest BCUT2D eigenvalue weighted by Gasteiger charge is -2.29. The molecule has 6 nitrogen and oxygen atoms in total. The smallest absolute Gasteiger partial charge is 0.253 e. The molecule has 1 aromatic heterocycles. The van der Waals surface area contributed by atoms with Crippen LogP contribution in [0.25, 0.3) is 0 Å². The first-order valence-electron chi connectivity index (χ1n) is 6.58. The third kappa shape index (κ3) is 4.06. The fraction of sp³-hybridized carbons (Fsp3) is 0.538. The molecule has 0 aromatic carbocycles. The highest BCUT2D eigenvalue weighted by atomic mass is 35.5. The number of hydrogen-bond acceptors (Lipinski definition) is 5. The molecule has 2 heterocycles. The molecule has 110 valence electrons. The summed E-state index contributed by atoms with van der Waals surface area (Å²) in [4.78, 5) is 18.2. The van der Waals surface area contributed by atoms with E-state index in [1.165, 1.54) is 12.3 Å². The maximum absolute atomic E-state index is 12.1. The molecule has 3 N–H and O–H groups in total. The van der Waals surface area contributed by atoms with Gasteiger partial charge in [0.15, 0.2) is 0 Å². The van der Waals surface area contributed by atoms with Crippen LogP contribution >= 0.6 is 11.6 Å². The number of nitrogens with two attached hydrogens (primary N) is 1. The van der Waals surface area contributed by atoms with Crippen LogP contribution in [0.3, 0.4) is 0 Å². The van der Waals surface area contributed by atoms with Crippen molar-refractivity contribution < 1.29 is 9.53 Å². The molecule has 1 aromatic rings. The van der Waals surface area contributed by atoms with E-state index in [1.807, 2.05) is 6.92 Å². The van der Waals surface area contributed by atoms with Gasteiger partial charge < -0.3 is 15.8 Å². The van der Waals surface area contributed by atoms with E-state index in [4.69, 9.17) is 22.1 Å². The number of carbonyl (C=O) groups excluding carboxylic acids is 1. The van der Waals surface area contributed by atoms with Crippen LogP contribution in [-0.4, -0.2) is 54.7 Å². The molecule has 1 aliphatic rings. The van der Waals surface area contributed by atoms with Gasteiger partial charge in [-0.1, -0.05) is 11.6 Å². The number of nitrogen functional groups attached to an aromatic ring is 1. The van der Waals surface area contributed by atoms with Gasteiger partial charge in [0.2, 0.25) is 0 Å². The molecular formula is C13H19ClN4O2. The summed E-state index contributed by atoms with van der Waals surface area (Å²) < 4.78 is 5.29. The Labute approximate surface area is 123 Å². The van der Waals surface area contributed by atoms with E-state index in [1.54, 1.807) is 0 Å². The maximum atomic E-state index is 12.1. The van der Waals surface area contributed by atoms with Gasteiger partial charge in [0.1, 0.15) is 5.82 Å². The molecule has 0 spiro atoms. The normalized spacial score (nSPS) is 17.7. The molecular weight excluding hydrogens is 280 g/mol. The summed E-state index contributed by atoms with van der Waals surface area (Å²) in [5.74, 6) is 0.0322. The molecule has 7 heteroatoms. The number of hydrogen-bond donors (Lipinski definition) is 2. The number of rotatable bonds is 4. The van der Waals surface area contributed by atoms with Crippen molar-refractivity contribution in [1.82, 2.24) is 15.2 Å². The second-order valence-corrected chi connectivity index (χ2v) is 5.29. The topological polar surface area (TPSA) is 80.5 Å². The molecule has 1 aliphatic heterocycles. The Morgan fingerprint density at radius 2 is 2.30 bits per heavy atom. The fourth-order valence-corrected chi connectivity index (χ4v) is 2.26. The van der Waals surface area contributed by atoms with E-state index >= 15 is 0 Å². The van der Waals surface area contributed by atoms with Gasteiger partial charge in [-0.25, -0.2) is 4.98 Å². The largest absolute Gasteiger partial charge is 0.382 e. The summed E-state index contributed by atoms with van der Waals surface area (Å²) in [6, 6.07) is 1.57. The minimum atomic E-state index is -0.194. The number of pyridine rings is 1. The van der Waals surface area contributed by atoms with Crippen LogP contribution < -0.4 is 11.1 Å². The molecule has 0 radical (unpaired) electrons. The third-order valence-electron chi connectivity index (χ3n) is 3.15. The minimum absolute atomic E-state index is 0.0388. The molecule has 1 atom stereocenters. The van der Waals surface area contributed by atoms with E-state index < -0.39 is 0 Å². The number of aromatic nitrogens is 1. The van der Waals surface area contributed by atoms with Crippen molar-refractivity contribution in [3.8, 4) is 0 Å². The van der Waals surface area contributed by atoms with Crippen LogP contribution in [0, 0.1) is 0 Å². The predicted molar refractivity (Wildman–Crippen MR) is 77.8 cm³/mol. The van der Waals surface area contributed by atoms with Crippen LogP contribution in [-0.2, 0) is 4.74 Å². The number of carbonyl (C=O) groups is 1. The molecule has 20 heavy (non-hydrogen) atoms. The first kappa shape index (κ1) is 15.0. The van der Waals surface area contributed by atoms with E-state index in [-0.39, 0.29) is 17.8 Å². The zero-order valence-corrected chi connectivity index (χ0v) is 12.2. The van der Waals surface area contributed by atoms with Crippen molar-refractivity contribution in [2.75, 3.05) is 38.6 Å². The average molecular weight is 299 g/mol. The van der Waals surface area contributed by atoms with Crippen molar-refractivity contribution in [2.24, 2.45) is 0 Å². The lowest BCUT2D eigenvalue weighted by atomic mass is 10.2. The van der Waals surface area contributed by atoms with Gasteiger partial charge in [-0.05, 0) is 13.0 Å². The summed E-state index contributed by atoms with van der Waals surface area (Å²) in [5.41, 5.74) is 5.94. The summed E-state index contributed by atoms with van der Waals surface area (Å²) in [6.07, 6.45) is 1.43. The first-order valence-corrected chi connectivity index (χ1v) is 6.96. The van der Waals surface area contributed by atoms with Gasteiger partial charge in [-0.2, -0.15) is 0 Å². The van der Waals surface area contributed by atoms with E-state index in [9.17, 15) is 4.79 Å². The Bertz CT molecular complexity index is 477. The highest BCUT2D eigenvalue weighted by Crippen LogP contribution is 2.16. The van der Waals surface area contributed by atoms with Gasteiger partial charge in [0, 0.05) is 31.9 Å². The van der Waals surface area contributed by atoms with Crippen molar-refractivity contribution in [3.63, 3.8) is 0 Å². The Hall–Kier alpha value is -1.37. The Morgan fingerprint density at radius 3 is 2.95 bits per heavy atom. The number of halogens is 1. The lowest BCUT2D eigenvalue weighted by Crippen LogP contribution is -2.46. The second kappa shape index (κ2) is 6.88. The number of ether oxygens (including phenoxy) is 1. The monoisotopic (exact) mass is 298 g/mol. The molecule has 0 saturated carbocycles.